The highest BCUT2D eigenvalue weighted by Crippen LogP contribution is 2.27. The fourth-order valence-corrected chi connectivity index (χ4v) is 4.24. The topological polar surface area (TPSA) is 64.4 Å². The Morgan fingerprint density at radius 3 is 2.58 bits per heavy atom. The van der Waals surface area contributed by atoms with Gasteiger partial charge in [0.15, 0.2) is 0 Å². The summed E-state index contributed by atoms with van der Waals surface area (Å²) in [5.74, 6) is 0.865. The largest absolute Gasteiger partial charge is 0.494 e. The fourth-order valence-electron chi connectivity index (χ4n) is 4.24. The number of piperazine rings is 1. The van der Waals surface area contributed by atoms with Crippen LogP contribution in [0.5, 0.6) is 5.75 Å². The van der Waals surface area contributed by atoms with Gasteiger partial charge in [-0.1, -0.05) is 18.2 Å². The second-order valence-electron chi connectivity index (χ2n) is 8.38. The third-order valence-electron chi connectivity index (χ3n) is 6.12. The number of aromatic amines is 2. The van der Waals surface area contributed by atoms with E-state index in [0.29, 0.717) is 12.2 Å². The lowest BCUT2D eigenvalue weighted by molar-refractivity contribution is 0.145. The van der Waals surface area contributed by atoms with E-state index in [9.17, 15) is 4.79 Å². The van der Waals surface area contributed by atoms with Gasteiger partial charge in [-0.15, -0.1) is 0 Å². The number of hydrogen-bond acceptors (Lipinski definition) is 4. The molecule has 0 amide bonds. The van der Waals surface area contributed by atoms with Crippen molar-refractivity contribution in [1.29, 1.82) is 0 Å². The summed E-state index contributed by atoms with van der Waals surface area (Å²) in [6, 6.07) is 17.8. The Morgan fingerprint density at radius 2 is 1.71 bits per heavy atom. The SMILES string of the molecule is CN1CCN(CCCOc2ccc3[nH]c(-c4cc5ccccc5[nH]c4=O)cc3c2)CC1. The maximum atomic E-state index is 12.6. The van der Waals surface area contributed by atoms with Crippen LogP contribution in [0.1, 0.15) is 6.42 Å². The molecule has 6 nitrogen and oxygen atoms in total. The zero-order valence-electron chi connectivity index (χ0n) is 17.9. The first-order valence-electron chi connectivity index (χ1n) is 10.9. The third-order valence-corrected chi connectivity index (χ3v) is 6.12. The fraction of sp³-hybridized carbons (Fsp3) is 0.320. The Kier molecular flexibility index (Phi) is 5.49. The Balaban J connectivity index is 1.27. The summed E-state index contributed by atoms with van der Waals surface area (Å²) in [4.78, 5) is 23.8. The minimum atomic E-state index is -0.0920. The Labute approximate surface area is 181 Å². The highest BCUT2D eigenvalue weighted by molar-refractivity contribution is 5.89. The summed E-state index contributed by atoms with van der Waals surface area (Å²) in [7, 11) is 2.18. The van der Waals surface area contributed by atoms with Crippen LogP contribution in [0.3, 0.4) is 0 Å². The summed E-state index contributed by atoms with van der Waals surface area (Å²) in [6.45, 7) is 6.36. The molecule has 5 rings (SSSR count). The molecule has 2 aromatic heterocycles. The van der Waals surface area contributed by atoms with Crippen molar-refractivity contribution in [3.8, 4) is 17.0 Å². The first-order chi connectivity index (χ1) is 15.2. The van der Waals surface area contributed by atoms with Gasteiger partial charge in [0.1, 0.15) is 5.75 Å². The zero-order valence-corrected chi connectivity index (χ0v) is 17.9. The molecule has 4 aromatic rings. The first-order valence-corrected chi connectivity index (χ1v) is 10.9. The maximum absolute atomic E-state index is 12.6. The number of hydrogen-bond donors (Lipinski definition) is 2. The van der Waals surface area contributed by atoms with Crippen molar-refractivity contribution in [3.05, 3.63) is 65.0 Å². The smallest absolute Gasteiger partial charge is 0.257 e. The van der Waals surface area contributed by atoms with Gasteiger partial charge >= 0.3 is 0 Å². The molecule has 0 spiro atoms. The number of nitrogens with one attached hydrogen (secondary N) is 2. The van der Waals surface area contributed by atoms with Crippen molar-refractivity contribution in [1.82, 2.24) is 19.8 Å². The molecule has 3 heterocycles. The molecule has 2 aromatic carbocycles. The minimum absolute atomic E-state index is 0.0920. The summed E-state index contributed by atoms with van der Waals surface area (Å²) in [5.41, 5.74) is 3.20. The molecule has 0 radical (unpaired) electrons. The quantitative estimate of drug-likeness (QED) is 0.471. The van der Waals surface area contributed by atoms with Gasteiger partial charge in [-0.2, -0.15) is 0 Å². The van der Waals surface area contributed by atoms with Crippen LogP contribution in [0.15, 0.2) is 59.4 Å². The molecule has 0 atom stereocenters. The second kappa shape index (κ2) is 8.57. The van der Waals surface area contributed by atoms with Crippen LogP contribution in [0.2, 0.25) is 0 Å². The predicted octanol–water partition coefficient (Wildman–Crippen LogP) is 3.69. The standard InChI is InChI=1S/C25H28N4O2/c1-28-10-12-29(13-11-28)9-4-14-31-20-7-8-23-19(15-20)17-24(26-23)21-16-18-5-2-3-6-22(18)27-25(21)30/h2-3,5-8,15-17,26H,4,9-14H2,1H3,(H,27,30). The second-order valence-corrected chi connectivity index (χ2v) is 8.38. The van der Waals surface area contributed by atoms with Gasteiger partial charge < -0.3 is 24.5 Å². The normalized spacial score (nSPS) is 15.6. The monoisotopic (exact) mass is 416 g/mol. The minimum Gasteiger partial charge on any atom is -0.494 e. The molecular formula is C25H28N4O2. The molecule has 6 heteroatoms. The molecule has 0 unspecified atom stereocenters. The number of likely N-dealkylation sites (N-methyl/N-ethyl adjacent to an activating group) is 1. The van der Waals surface area contributed by atoms with Crippen LogP contribution in [0.25, 0.3) is 33.1 Å². The van der Waals surface area contributed by atoms with Gasteiger partial charge in [0, 0.05) is 49.1 Å². The van der Waals surface area contributed by atoms with Crippen LogP contribution in [0, 0.1) is 0 Å². The Morgan fingerprint density at radius 1 is 0.903 bits per heavy atom. The van der Waals surface area contributed by atoms with Crippen molar-refractivity contribution in [2.24, 2.45) is 0 Å². The molecule has 1 saturated heterocycles. The van der Waals surface area contributed by atoms with Crippen molar-refractivity contribution in [2.75, 3.05) is 46.4 Å². The third kappa shape index (κ3) is 4.36. The number of benzene rings is 2. The van der Waals surface area contributed by atoms with Gasteiger partial charge in [-0.3, -0.25) is 4.79 Å². The molecule has 160 valence electrons. The van der Waals surface area contributed by atoms with E-state index in [1.807, 2.05) is 54.6 Å². The van der Waals surface area contributed by atoms with Crippen molar-refractivity contribution in [2.45, 2.75) is 6.42 Å². The van der Waals surface area contributed by atoms with E-state index in [1.54, 1.807) is 0 Å². The molecule has 1 aliphatic heterocycles. The Hall–Kier alpha value is -3.09. The van der Waals surface area contributed by atoms with Crippen molar-refractivity contribution >= 4 is 21.8 Å². The average Bonchev–Trinajstić information content (AvgIpc) is 3.20. The number of H-pyrrole nitrogens is 2. The number of ether oxygens (including phenoxy) is 1. The molecule has 1 fully saturated rings. The summed E-state index contributed by atoms with van der Waals surface area (Å²) in [5, 5.41) is 2.05. The molecule has 31 heavy (non-hydrogen) atoms. The van der Waals surface area contributed by atoms with Crippen LogP contribution < -0.4 is 10.3 Å². The van der Waals surface area contributed by atoms with E-state index in [1.165, 1.54) is 0 Å². The number of aromatic nitrogens is 2. The molecule has 1 aliphatic rings. The summed E-state index contributed by atoms with van der Waals surface area (Å²) >= 11 is 0. The van der Waals surface area contributed by atoms with Crippen molar-refractivity contribution < 1.29 is 4.74 Å². The van der Waals surface area contributed by atoms with E-state index >= 15 is 0 Å². The first kappa shape index (κ1) is 19.8. The maximum Gasteiger partial charge on any atom is 0.257 e. The van der Waals surface area contributed by atoms with Crippen LogP contribution in [-0.2, 0) is 0 Å². The van der Waals surface area contributed by atoms with E-state index in [2.05, 4.69) is 26.8 Å². The Bertz CT molecular complexity index is 1250. The molecule has 0 aliphatic carbocycles. The van der Waals surface area contributed by atoms with E-state index < -0.39 is 0 Å². The molecule has 2 N–H and O–H groups in total. The lowest BCUT2D eigenvalue weighted by atomic mass is 10.1. The van der Waals surface area contributed by atoms with Gasteiger partial charge in [-0.25, -0.2) is 0 Å². The summed E-state index contributed by atoms with van der Waals surface area (Å²) in [6.07, 6.45) is 1.02. The average molecular weight is 417 g/mol. The predicted molar refractivity (Wildman–Crippen MR) is 126 cm³/mol. The highest BCUT2D eigenvalue weighted by atomic mass is 16.5. The van der Waals surface area contributed by atoms with Crippen molar-refractivity contribution in [3.63, 3.8) is 0 Å². The van der Waals surface area contributed by atoms with Crippen LogP contribution in [0.4, 0.5) is 0 Å². The summed E-state index contributed by atoms with van der Waals surface area (Å²) < 4.78 is 6.00. The van der Waals surface area contributed by atoms with Gasteiger partial charge in [0.2, 0.25) is 0 Å². The lowest BCUT2D eigenvalue weighted by Gasteiger charge is -2.32. The molecular weight excluding hydrogens is 388 g/mol. The number of pyridine rings is 1. The number of fused-ring (bicyclic) bond motifs is 2. The van der Waals surface area contributed by atoms with Gasteiger partial charge in [-0.05, 0) is 55.3 Å². The van der Waals surface area contributed by atoms with E-state index in [0.717, 1.165) is 72.4 Å². The highest BCUT2D eigenvalue weighted by Gasteiger charge is 2.13. The number of para-hydroxylation sites is 1. The van der Waals surface area contributed by atoms with Crippen LogP contribution in [-0.4, -0.2) is 66.1 Å². The zero-order chi connectivity index (χ0) is 21.2. The molecule has 0 saturated carbocycles. The number of nitrogens with zero attached hydrogens (tertiary/aromatic N) is 2. The van der Waals surface area contributed by atoms with E-state index in [4.69, 9.17) is 4.74 Å². The number of rotatable bonds is 6. The van der Waals surface area contributed by atoms with Gasteiger partial charge in [0.25, 0.3) is 5.56 Å². The van der Waals surface area contributed by atoms with Gasteiger partial charge in [0.05, 0.1) is 17.9 Å². The lowest BCUT2D eigenvalue weighted by Crippen LogP contribution is -2.44. The van der Waals surface area contributed by atoms with Crippen LogP contribution >= 0.6 is 0 Å². The molecule has 0 bridgehead atoms. The van der Waals surface area contributed by atoms with E-state index in [-0.39, 0.29) is 5.56 Å².